The third-order valence-corrected chi connectivity index (χ3v) is 3.80. The number of pyridine rings is 1. The third-order valence-electron chi connectivity index (χ3n) is 3.80. The van der Waals surface area contributed by atoms with Crippen molar-refractivity contribution in [2.75, 3.05) is 6.54 Å². The molecule has 0 bridgehead atoms. The highest BCUT2D eigenvalue weighted by atomic mass is 14.9. The van der Waals surface area contributed by atoms with Gasteiger partial charge in [-0.3, -0.25) is 4.98 Å². The maximum absolute atomic E-state index is 4.69. The van der Waals surface area contributed by atoms with E-state index in [1.165, 1.54) is 16.5 Å². The summed E-state index contributed by atoms with van der Waals surface area (Å²) in [7, 11) is 0. The van der Waals surface area contributed by atoms with E-state index in [1.54, 1.807) is 0 Å². The Morgan fingerprint density at radius 3 is 2.53 bits per heavy atom. The molecule has 0 aliphatic heterocycles. The minimum atomic E-state index is 0.434. The molecular formula is C17H24N2. The molecule has 102 valence electrons. The van der Waals surface area contributed by atoms with Gasteiger partial charge in [0.05, 0.1) is 5.69 Å². The lowest BCUT2D eigenvalue weighted by atomic mass is 9.84. The van der Waals surface area contributed by atoms with E-state index in [4.69, 9.17) is 4.98 Å². The highest BCUT2D eigenvalue weighted by Crippen LogP contribution is 2.31. The monoisotopic (exact) mass is 256 g/mol. The van der Waals surface area contributed by atoms with Crippen LogP contribution < -0.4 is 5.32 Å². The first-order valence-corrected chi connectivity index (χ1v) is 7.22. The predicted octanol–water partition coefficient (Wildman–Crippen LogP) is 3.97. The third kappa shape index (κ3) is 2.95. The van der Waals surface area contributed by atoms with Crippen LogP contribution in [0.1, 0.15) is 39.3 Å². The van der Waals surface area contributed by atoms with Gasteiger partial charge in [-0.15, -0.1) is 0 Å². The van der Waals surface area contributed by atoms with Crippen LogP contribution in [0.25, 0.3) is 10.8 Å². The standard InChI is InChI=1S/C17H24N2/c1-5-18-13(4)16(12(2)3)17-15-9-7-6-8-14(15)10-11-19-17/h6-13,16,18H,5H2,1-4H3. The van der Waals surface area contributed by atoms with Crippen molar-refractivity contribution in [1.82, 2.24) is 10.3 Å². The Kier molecular flexibility index (Phi) is 4.54. The van der Waals surface area contributed by atoms with Gasteiger partial charge in [0, 0.05) is 23.5 Å². The van der Waals surface area contributed by atoms with Crippen LogP contribution in [0.2, 0.25) is 0 Å². The Morgan fingerprint density at radius 1 is 1.11 bits per heavy atom. The van der Waals surface area contributed by atoms with Gasteiger partial charge in [0.25, 0.3) is 0 Å². The van der Waals surface area contributed by atoms with Crippen LogP contribution in [0.5, 0.6) is 0 Å². The Bertz CT molecular complexity index is 528. The molecule has 2 rings (SSSR count). The summed E-state index contributed by atoms with van der Waals surface area (Å²) in [6, 6.07) is 11.1. The fourth-order valence-corrected chi connectivity index (χ4v) is 2.99. The van der Waals surface area contributed by atoms with Crippen LogP contribution in [0.4, 0.5) is 0 Å². The predicted molar refractivity (Wildman–Crippen MR) is 82.5 cm³/mol. The van der Waals surface area contributed by atoms with Crippen LogP contribution in [-0.4, -0.2) is 17.6 Å². The number of aromatic nitrogens is 1. The molecule has 0 spiro atoms. The molecule has 0 amide bonds. The number of benzene rings is 1. The molecule has 2 aromatic rings. The van der Waals surface area contributed by atoms with Gasteiger partial charge in [0.15, 0.2) is 0 Å². The lowest BCUT2D eigenvalue weighted by molar-refractivity contribution is 0.378. The molecule has 0 radical (unpaired) electrons. The Balaban J connectivity index is 2.50. The number of nitrogens with one attached hydrogen (secondary N) is 1. The molecule has 2 nitrogen and oxygen atoms in total. The van der Waals surface area contributed by atoms with Crippen molar-refractivity contribution in [2.45, 2.75) is 39.7 Å². The summed E-state index contributed by atoms with van der Waals surface area (Å²) in [5.41, 5.74) is 1.22. The van der Waals surface area contributed by atoms with E-state index < -0.39 is 0 Å². The van der Waals surface area contributed by atoms with E-state index in [1.807, 2.05) is 6.20 Å². The van der Waals surface area contributed by atoms with Crippen molar-refractivity contribution in [3.8, 4) is 0 Å². The summed E-state index contributed by atoms with van der Waals surface area (Å²) in [6.07, 6.45) is 1.94. The number of rotatable bonds is 5. The summed E-state index contributed by atoms with van der Waals surface area (Å²) in [5, 5.41) is 6.12. The minimum absolute atomic E-state index is 0.434. The van der Waals surface area contributed by atoms with Crippen molar-refractivity contribution >= 4 is 10.8 Å². The molecule has 1 heterocycles. The summed E-state index contributed by atoms with van der Waals surface area (Å²) in [5.74, 6) is 0.999. The van der Waals surface area contributed by atoms with Gasteiger partial charge in [0.2, 0.25) is 0 Å². The summed E-state index contributed by atoms with van der Waals surface area (Å²) in [6.45, 7) is 9.97. The Morgan fingerprint density at radius 2 is 1.84 bits per heavy atom. The number of hydrogen-bond donors (Lipinski definition) is 1. The van der Waals surface area contributed by atoms with Crippen LogP contribution in [0.3, 0.4) is 0 Å². The SMILES string of the molecule is CCNC(C)C(c1nccc2ccccc12)C(C)C. The van der Waals surface area contributed by atoms with E-state index in [2.05, 4.69) is 63.3 Å². The fraction of sp³-hybridized carbons (Fsp3) is 0.471. The first-order chi connectivity index (χ1) is 9.15. The van der Waals surface area contributed by atoms with E-state index in [0.29, 0.717) is 17.9 Å². The van der Waals surface area contributed by atoms with Gasteiger partial charge in [-0.25, -0.2) is 0 Å². The van der Waals surface area contributed by atoms with E-state index in [-0.39, 0.29) is 0 Å². The second-order valence-electron chi connectivity index (χ2n) is 5.53. The molecule has 2 atom stereocenters. The number of fused-ring (bicyclic) bond motifs is 1. The lowest BCUT2D eigenvalue weighted by Gasteiger charge is -2.28. The zero-order chi connectivity index (χ0) is 13.8. The van der Waals surface area contributed by atoms with E-state index >= 15 is 0 Å². The first kappa shape index (κ1) is 14.0. The van der Waals surface area contributed by atoms with Crippen LogP contribution >= 0.6 is 0 Å². The van der Waals surface area contributed by atoms with Crippen LogP contribution in [0.15, 0.2) is 36.5 Å². The van der Waals surface area contributed by atoms with E-state index in [9.17, 15) is 0 Å². The molecule has 1 aromatic heterocycles. The molecule has 2 heteroatoms. The Hall–Kier alpha value is -1.41. The molecule has 2 unspecified atom stereocenters. The molecule has 0 saturated heterocycles. The summed E-state index contributed by atoms with van der Waals surface area (Å²) >= 11 is 0. The molecule has 19 heavy (non-hydrogen) atoms. The molecule has 1 aromatic carbocycles. The van der Waals surface area contributed by atoms with Gasteiger partial charge in [0.1, 0.15) is 0 Å². The molecule has 0 aliphatic carbocycles. The number of likely N-dealkylation sites (N-methyl/N-ethyl adjacent to an activating group) is 1. The smallest absolute Gasteiger partial charge is 0.0530 e. The van der Waals surface area contributed by atoms with Crippen molar-refractivity contribution < 1.29 is 0 Å². The quantitative estimate of drug-likeness (QED) is 0.875. The molecule has 0 saturated carbocycles. The maximum Gasteiger partial charge on any atom is 0.0530 e. The van der Waals surface area contributed by atoms with Crippen molar-refractivity contribution in [2.24, 2.45) is 5.92 Å². The molecule has 0 fully saturated rings. The van der Waals surface area contributed by atoms with Gasteiger partial charge < -0.3 is 5.32 Å². The number of nitrogens with zero attached hydrogens (tertiary/aromatic N) is 1. The fourth-order valence-electron chi connectivity index (χ4n) is 2.99. The van der Waals surface area contributed by atoms with E-state index in [0.717, 1.165) is 6.54 Å². The van der Waals surface area contributed by atoms with Gasteiger partial charge in [-0.05, 0) is 30.8 Å². The maximum atomic E-state index is 4.69. The zero-order valence-corrected chi connectivity index (χ0v) is 12.4. The Labute approximate surface area is 116 Å². The summed E-state index contributed by atoms with van der Waals surface area (Å²) < 4.78 is 0. The normalized spacial score (nSPS) is 14.8. The highest BCUT2D eigenvalue weighted by Gasteiger charge is 2.24. The van der Waals surface area contributed by atoms with Crippen molar-refractivity contribution in [1.29, 1.82) is 0 Å². The highest BCUT2D eigenvalue weighted by molar-refractivity contribution is 5.84. The number of hydrogen-bond acceptors (Lipinski definition) is 2. The lowest BCUT2D eigenvalue weighted by Crippen LogP contribution is -2.35. The zero-order valence-electron chi connectivity index (χ0n) is 12.4. The minimum Gasteiger partial charge on any atom is -0.314 e. The molecule has 0 aliphatic rings. The summed E-state index contributed by atoms with van der Waals surface area (Å²) in [4.78, 5) is 4.69. The topological polar surface area (TPSA) is 24.9 Å². The average Bonchev–Trinajstić information content (AvgIpc) is 2.39. The molecular weight excluding hydrogens is 232 g/mol. The van der Waals surface area contributed by atoms with Crippen LogP contribution in [-0.2, 0) is 0 Å². The van der Waals surface area contributed by atoms with Crippen molar-refractivity contribution in [3.63, 3.8) is 0 Å². The van der Waals surface area contributed by atoms with Gasteiger partial charge in [-0.1, -0.05) is 45.0 Å². The second-order valence-corrected chi connectivity index (χ2v) is 5.53. The average molecular weight is 256 g/mol. The largest absolute Gasteiger partial charge is 0.314 e. The second kappa shape index (κ2) is 6.16. The van der Waals surface area contributed by atoms with Crippen molar-refractivity contribution in [3.05, 3.63) is 42.2 Å². The first-order valence-electron chi connectivity index (χ1n) is 7.22. The van der Waals surface area contributed by atoms with Gasteiger partial charge in [-0.2, -0.15) is 0 Å². The molecule has 1 N–H and O–H groups in total. The van der Waals surface area contributed by atoms with Gasteiger partial charge >= 0.3 is 0 Å². The van der Waals surface area contributed by atoms with Crippen LogP contribution in [0, 0.1) is 5.92 Å².